The summed E-state index contributed by atoms with van der Waals surface area (Å²) in [6, 6.07) is 16.9. The molecule has 0 radical (unpaired) electrons. The number of anilines is 1. The molecule has 3 N–H and O–H groups in total. The second-order valence-corrected chi connectivity index (χ2v) is 8.13. The monoisotopic (exact) mass is 441 g/mol. The summed E-state index contributed by atoms with van der Waals surface area (Å²) in [5, 5.41) is 6.98. The van der Waals surface area contributed by atoms with E-state index in [-0.39, 0.29) is 23.8 Å². The summed E-state index contributed by atoms with van der Waals surface area (Å²) >= 11 is 0. The number of carbonyl (C=O) groups is 2. The molecule has 0 bridgehead atoms. The Hall–Kier alpha value is -4.20. The summed E-state index contributed by atoms with van der Waals surface area (Å²) in [7, 11) is 0. The van der Waals surface area contributed by atoms with Crippen LogP contribution in [-0.2, 0) is 4.79 Å². The second-order valence-electron chi connectivity index (χ2n) is 8.13. The van der Waals surface area contributed by atoms with E-state index in [4.69, 9.17) is 4.74 Å². The molecule has 8 heteroatoms. The fraction of sp³-hybridized carbons (Fsp3) is 0.200. The average molecular weight is 441 g/mol. The molecule has 0 saturated heterocycles. The number of nitrogens with one attached hydrogen (secondary N) is 3. The van der Waals surface area contributed by atoms with Crippen LogP contribution in [0.15, 0.2) is 67.1 Å². The Morgan fingerprint density at radius 2 is 1.70 bits per heavy atom. The predicted octanol–water partition coefficient (Wildman–Crippen LogP) is 4.06. The van der Waals surface area contributed by atoms with Gasteiger partial charge in [-0.3, -0.25) is 9.59 Å². The van der Waals surface area contributed by atoms with E-state index in [0.29, 0.717) is 33.7 Å². The normalized spacial score (nSPS) is 17.2. The molecule has 0 atom stereocenters. The first kappa shape index (κ1) is 20.7. The third kappa shape index (κ3) is 4.41. The SMILES string of the molecule is CC(=O)N[C@H]1C[C@H](Nc2ncnc3[nH]cc(C(=O)c4ccc(Oc5ccccc5)cc4)c23)C1. The molecule has 1 fully saturated rings. The van der Waals surface area contributed by atoms with Crippen molar-refractivity contribution in [3.63, 3.8) is 0 Å². The molecule has 1 saturated carbocycles. The van der Waals surface area contributed by atoms with Gasteiger partial charge in [0.15, 0.2) is 5.78 Å². The molecule has 5 rings (SSSR count). The Morgan fingerprint density at radius 1 is 0.970 bits per heavy atom. The predicted molar refractivity (Wildman–Crippen MR) is 125 cm³/mol. The van der Waals surface area contributed by atoms with Crippen molar-refractivity contribution in [3.8, 4) is 11.5 Å². The maximum absolute atomic E-state index is 13.3. The summed E-state index contributed by atoms with van der Waals surface area (Å²) in [5.41, 5.74) is 1.64. The maximum atomic E-state index is 13.3. The highest BCUT2D eigenvalue weighted by atomic mass is 16.5. The van der Waals surface area contributed by atoms with Crippen LogP contribution in [0.3, 0.4) is 0 Å². The Morgan fingerprint density at radius 3 is 2.42 bits per heavy atom. The molecule has 2 aromatic heterocycles. The van der Waals surface area contributed by atoms with E-state index >= 15 is 0 Å². The number of para-hydroxylation sites is 1. The minimum absolute atomic E-state index is 0.0263. The van der Waals surface area contributed by atoms with Gasteiger partial charge >= 0.3 is 0 Å². The Labute approximate surface area is 190 Å². The molecule has 0 spiro atoms. The Balaban J connectivity index is 1.34. The number of nitrogens with zero attached hydrogens (tertiary/aromatic N) is 2. The summed E-state index contributed by atoms with van der Waals surface area (Å²) in [6.07, 6.45) is 4.75. The van der Waals surface area contributed by atoms with E-state index in [1.807, 2.05) is 30.3 Å². The van der Waals surface area contributed by atoms with Crippen LogP contribution < -0.4 is 15.4 Å². The minimum Gasteiger partial charge on any atom is -0.457 e. The molecule has 166 valence electrons. The van der Waals surface area contributed by atoms with Crippen molar-refractivity contribution in [2.75, 3.05) is 5.32 Å². The molecule has 0 unspecified atom stereocenters. The highest BCUT2D eigenvalue weighted by Gasteiger charge is 2.31. The number of hydrogen-bond donors (Lipinski definition) is 3. The number of ketones is 1. The Bertz CT molecular complexity index is 1290. The number of fused-ring (bicyclic) bond motifs is 1. The molecular weight excluding hydrogens is 418 g/mol. The number of carbonyl (C=O) groups excluding carboxylic acids is 2. The lowest BCUT2D eigenvalue weighted by molar-refractivity contribution is -0.120. The third-order valence-corrected chi connectivity index (χ3v) is 5.70. The zero-order chi connectivity index (χ0) is 22.8. The van der Waals surface area contributed by atoms with E-state index in [1.165, 1.54) is 13.3 Å². The van der Waals surface area contributed by atoms with Crippen LogP contribution in [-0.4, -0.2) is 38.7 Å². The zero-order valence-corrected chi connectivity index (χ0v) is 18.0. The van der Waals surface area contributed by atoms with Gasteiger partial charge in [-0.05, 0) is 49.2 Å². The van der Waals surface area contributed by atoms with Crippen LogP contribution in [0.2, 0.25) is 0 Å². The lowest BCUT2D eigenvalue weighted by Crippen LogP contribution is -2.49. The highest BCUT2D eigenvalue weighted by Crippen LogP contribution is 2.30. The summed E-state index contributed by atoms with van der Waals surface area (Å²) in [4.78, 5) is 36.2. The van der Waals surface area contributed by atoms with Gasteiger partial charge in [0, 0.05) is 30.8 Å². The van der Waals surface area contributed by atoms with Crippen molar-refractivity contribution in [1.82, 2.24) is 20.3 Å². The number of hydrogen-bond acceptors (Lipinski definition) is 6. The number of aromatic amines is 1. The van der Waals surface area contributed by atoms with E-state index in [1.54, 1.807) is 30.5 Å². The van der Waals surface area contributed by atoms with Gasteiger partial charge in [0.2, 0.25) is 5.91 Å². The molecule has 2 heterocycles. The summed E-state index contributed by atoms with van der Waals surface area (Å²) < 4.78 is 5.81. The van der Waals surface area contributed by atoms with Crippen molar-refractivity contribution in [2.45, 2.75) is 31.8 Å². The van der Waals surface area contributed by atoms with E-state index < -0.39 is 0 Å². The zero-order valence-electron chi connectivity index (χ0n) is 18.0. The van der Waals surface area contributed by atoms with Gasteiger partial charge in [-0.15, -0.1) is 0 Å². The van der Waals surface area contributed by atoms with Gasteiger partial charge < -0.3 is 20.4 Å². The van der Waals surface area contributed by atoms with E-state index in [0.717, 1.165) is 18.6 Å². The van der Waals surface area contributed by atoms with Crippen molar-refractivity contribution >= 4 is 28.5 Å². The highest BCUT2D eigenvalue weighted by molar-refractivity contribution is 6.18. The van der Waals surface area contributed by atoms with Crippen LogP contribution in [0.4, 0.5) is 5.82 Å². The van der Waals surface area contributed by atoms with Crippen molar-refractivity contribution in [3.05, 3.63) is 78.2 Å². The van der Waals surface area contributed by atoms with Crippen molar-refractivity contribution in [2.24, 2.45) is 0 Å². The molecule has 4 aromatic rings. The number of benzene rings is 2. The summed E-state index contributed by atoms with van der Waals surface area (Å²) in [6.45, 7) is 1.52. The van der Waals surface area contributed by atoms with E-state index in [2.05, 4.69) is 25.6 Å². The largest absolute Gasteiger partial charge is 0.457 e. The fourth-order valence-electron chi connectivity index (χ4n) is 4.04. The van der Waals surface area contributed by atoms with Gasteiger partial charge in [0.1, 0.15) is 29.3 Å². The van der Waals surface area contributed by atoms with Gasteiger partial charge in [-0.2, -0.15) is 0 Å². The molecule has 1 aliphatic carbocycles. The van der Waals surface area contributed by atoms with Gasteiger partial charge in [-0.1, -0.05) is 18.2 Å². The summed E-state index contributed by atoms with van der Waals surface area (Å²) in [5.74, 6) is 1.84. The van der Waals surface area contributed by atoms with Crippen LogP contribution in [0.1, 0.15) is 35.7 Å². The second kappa shape index (κ2) is 8.74. The van der Waals surface area contributed by atoms with Crippen LogP contribution in [0, 0.1) is 0 Å². The molecule has 2 aromatic carbocycles. The minimum atomic E-state index is -0.130. The quantitative estimate of drug-likeness (QED) is 0.373. The first-order valence-electron chi connectivity index (χ1n) is 10.8. The van der Waals surface area contributed by atoms with Crippen LogP contribution in [0.5, 0.6) is 11.5 Å². The third-order valence-electron chi connectivity index (χ3n) is 5.70. The Kier molecular flexibility index (Phi) is 5.48. The van der Waals surface area contributed by atoms with Crippen LogP contribution in [0.25, 0.3) is 11.0 Å². The van der Waals surface area contributed by atoms with E-state index in [9.17, 15) is 9.59 Å². The number of rotatable bonds is 7. The topological polar surface area (TPSA) is 109 Å². The lowest BCUT2D eigenvalue weighted by atomic mass is 9.86. The molecular formula is C25H23N5O3. The fourth-order valence-corrected chi connectivity index (χ4v) is 4.04. The lowest BCUT2D eigenvalue weighted by Gasteiger charge is -2.36. The van der Waals surface area contributed by atoms with Crippen LogP contribution >= 0.6 is 0 Å². The van der Waals surface area contributed by atoms with Crippen molar-refractivity contribution < 1.29 is 14.3 Å². The maximum Gasteiger partial charge on any atom is 0.217 e. The molecule has 33 heavy (non-hydrogen) atoms. The van der Waals surface area contributed by atoms with Crippen molar-refractivity contribution in [1.29, 1.82) is 0 Å². The molecule has 1 amide bonds. The molecule has 8 nitrogen and oxygen atoms in total. The number of ether oxygens (including phenoxy) is 1. The smallest absolute Gasteiger partial charge is 0.217 e. The van der Waals surface area contributed by atoms with Gasteiger partial charge in [-0.25, -0.2) is 9.97 Å². The molecule has 1 aliphatic rings. The number of H-pyrrole nitrogens is 1. The molecule has 0 aliphatic heterocycles. The van der Waals surface area contributed by atoms with Gasteiger partial charge in [0.05, 0.1) is 10.9 Å². The van der Waals surface area contributed by atoms with Gasteiger partial charge in [0.25, 0.3) is 0 Å². The first-order chi connectivity index (χ1) is 16.1. The number of aromatic nitrogens is 3. The first-order valence-corrected chi connectivity index (χ1v) is 10.8. The number of amides is 1. The standard InChI is InChI=1S/C25H23N5O3/c1-15(31)29-17-11-18(12-17)30-25-22-21(13-26-24(22)27-14-28-25)23(32)16-7-9-20(10-8-16)33-19-5-3-2-4-6-19/h2-10,13-14,17-18H,11-12H2,1H3,(H,29,31)(H2,26,27,28,30)/t17-,18-. The average Bonchev–Trinajstić information content (AvgIpc) is 3.23.